The number of aromatic amines is 1. The first kappa shape index (κ1) is 13.7. The van der Waals surface area contributed by atoms with Gasteiger partial charge in [0.15, 0.2) is 5.65 Å². The zero-order chi connectivity index (χ0) is 15.3. The Bertz CT molecular complexity index is 908. The Balaban J connectivity index is 2.04. The van der Waals surface area contributed by atoms with Crippen LogP contribution >= 0.6 is 12.2 Å². The molecule has 0 saturated heterocycles. The summed E-state index contributed by atoms with van der Waals surface area (Å²) in [6.07, 6.45) is 0.972. The highest BCUT2D eigenvalue weighted by atomic mass is 32.1. The molecule has 112 valence electrons. The van der Waals surface area contributed by atoms with Crippen molar-refractivity contribution >= 4 is 17.9 Å². The van der Waals surface area contributed by atoms with Gasteiger partial charge in [-0.15, -0.1) is 0 Å². The molecule has 0 unspecified atom stereocenters. The van der Waals surface area contributed by atoms with Gasteiger partial charge >= 0.3 is 0 Å². The molecule has 0 spiro atoms. The highest BCUT2D eigenvalue weighted by Gasteiger charge is 2.21. The van der Waals surface area contributed by atoms with Crippen LogP contribution in [0.4, 0.5) is 0 Å². The van der Waals surface area contributed by atoms with Gasteiger partial charge in [0.2, 0.25) is 0 Å². The molecule has 1 aromatic carbocycles. The standard InChI is InChI=1S/C17H18N4S/c1-11-15(12-6-4-3-5-7-12)16-18-14-10-20(2)9-8-13(14)17(22)21(16)19-11/h3-7,19H,8-10H2,1-2H3. The third kappa shape index (κ3) is 2.01. The molecule has 5 heteroatoms. The average molecular weight is 310 g/mol. The van der Waals surface area contributed by atoms with Crippen molar-refractivity contribution in [3.05, 3.63) is 51.9 Å². The van der Waals surface area contributed by atoms with E-state index in [1.165, 1.54) is 11.1 Å². The molecule has 2 aromatic heterocycles. The third-order valence-corrected chi connectivity index (χ3v) is 4.80. The average Bonchev–Trinajstić information content (AvgIpc) is 2.84. The minimum absolute atomic E-state index is 0.869. The van der Waals surface area contributed by atoms with Gasteiger partial charge in [-0.05, 0) is 26.0 Å². The van der Waals surface area contributed by atoms with E-state index in [1.807, 2.05) is 10.6 Å². The highest BCUT2D eigenvalue weighted by molar-refractivity contribution is 7.71. The lowest BCUT2D eigenvalue weighted by Crippen LogP contribution is -2.28. The first-order valence-electron chi connectivity index (χ1n) is 7.52. The number of rotatable bonds is 1. The molecule has 3 heterocycles. The molecule has 4 nitrogen and oxygen atoms in total. The highest BCUT2D eigenvalue weighted by Crippen LogP contribution is 2.29. The molecule has 4 rings (SSSR count). The maximum absolute atomic E-state index is 5.72. The summed E-state index contributed by atoms with van der Waals surface area (Å²) in [7, 11) is 2.13. The molecule has 0 radical (unpaired) electrons. The van der Waals surface area contributed by atoms with Crippen molar-refractivity contribution in [2.24, 2.45) is 0 Å². The predicted molar refractivity (Wildman–Crippen MR) is 90.6 cm³/mol. The van der Waals surface area contributed by atoms with Gasteiger partial charge < -0.3 is 4.90 Å². The topological polar surface area (TPSA) is 36.3 Å². The van der Waals surface area contributed by atoms with E-state index in [1.54, 1.807) is 0 Å². The number of benzene rings is 1. The van der Waals surface area contributed by atoms with Crippen molar-refractivity contribution in [2.45, 2.75) is 19.9 Å². The van der Waals surface area contributed by atoms with E-state index in [0.717, 1.165) is 46.7 Å². The van der Waals surface area contributed by atoms with Gasteiger partial charge in [0.1, 0.15) is 4.64 Å². The van der Waals surface area contributed by atoms with Crippen molar-refractivity contribution in [3.63, 3.8) is 0 Å². The quantitative estimate of drug-likeness (QED) is 0.700. The number of hydrogen-bond donors (Lipinski definition) is 1. The molecule has 0 amide bonds. The van der Waals surface area contributed by atoms with Crippen molar-refractivity contribution in [1.29, 1.82) is 0 Å². The molecule has 1 N–H and O–H groups in total. The lowest BCUT2D eigenvalue weighted by Gasteiger charge is -2.24. The summed E-state index contributed by atoms with van der Waals surface area (Å²) >= 11 is 5.72. The summed E-state index contributed by atoms with van der Waals surface area (Å²) in [5, 5.41) is 3.39. The molecule has 0 saturated carbocycles. The number of nitrogens with zero attached hydrogens (tertiary/aromatic N) is 3. The van der Waals surface area contributed by atoms with Crippen LogP contribution in [-0.4, -0.2) is 33.1 Å². The maximum atomic E-state index is 5.72. The van der Waals surface area contributed by atoms with Gasteiger partial charge in [-0.1, -0.05) is 42.5 Å². The van der Waals surface area contributed by atoms with E-state index >= 15 is 0 Å². The van der Waals surface area contributed by atoms with Gasteiger partial charge in [-0.2, -0.15) is 0 Å². The third-order valence-electron chi connectivity index (χ3n) is 4.37. The first-order chi connectivity index (χ1) is 10.6. The van der Waals surface area contributed by atoms with E-state index in [-0.39, 0.29) is 0 Å². The van der Waals surface area contributed by atoms with Crippen LogP contribution in [-0.2, 0) is 13.0 Å². The molecule has 1 aliphatic rings. The molecular formula is C17H18N4S. The van der Waals surface area contributed by atoms with Crippen LogP contribution in [0.2, 0.25) is 0 Å². The Hall–Kier alpha value is -1.98. The lowest BCUT2D eigenvalue weighted by atomic mass is 10.1. The number of H-pyrrole nitrogens is 1. The van der Waals surface area contributed by atoms with Gasteiger partial charge in [-0.3, -0.25) is 5.10 Å². The van der Waals surface area contributed by atoms with Gasteiger partial charge in [-0.25, -0.2) is 9.50 Å². The minimum Gasteiger partial charge on any atom is -0.300 e. The van der Waals surface area contributed by atoms with Crippen LogP contribution in [0.5, 0.6) is 0 Å². The van der Waals surface area contributed by atoms with Crippen LogP contribution in [0.1, 0.15) is 17.0 Å². The fraction of sp³-hybridized carbons (Fsp3) is 0.294. The normalized spacial score (nSPS) is 15.2. The summed E-state index contributed by atoms with van der Waals surface area (Å²) in [5.41, 5.74) is 6.68. The first-order valence-corrected chi connectivity index (χ1v) is 7.93. The number of aromatic nitrogens is 3. The van der Waals surface area contributed by atoms with Gasteiger partial charge in [0.25, 0.3) is 0 Å². The second-order valence-electron chi connectivity index (χ2n) is 5.97. The minimum atomic E-state index is 0.869. The Morgan fingerprint density at radius 1 is 1.23 bits per heavy atom. The smallest absolute Gasteiger partial charge is 0.162 e. The number of fused-ring (bicyclic) bond motifs is 2. The Morgan fingerprint density at radius 2 is 2.00 bits per heavy atom. The molecule has 1 aliphatic heterocycles. The zero-order valence-electron chi connectivity index (χ0n) is 12.8. The largest absolute Gasteiger partial charge is 0.300 e. The lowest BCUT2D eigenvalue weighted by molar-refractivity contribution is 0.307. The molecule has 3 aromatic rings. The SMILES string of the molecule is Cc1[nH]n2c(=S)c3c(nc2c1-c1ccccc1)CN(C)CC3. The predicted octanol–water partition coefficient (Wildman–Crippen LogP) is 3.36. The fourth-order valence-corrected chi connectivity index (χ4v) is 3.58. The number of aryl methyl sites for hydroxylation is 1. The fourth-order valence-electron chi connectivity index (χ4n) is 3.23. The summed E-state index contributed by atoms with van der Waals surface area (Å²) < 4.78 is 2.84. The number of nitrogens with one attached hydrogen (secondary N) is 1. The molecule has 0 bridgehead atoms. The molecule has 0 atom stereocenters. The number of likely N-dealkylation sites (N-methyl/N-ethyl adjacent to an activating group) is 1. The van der Waals surface area contributed by atoms with Crippen LogP contribution in [0, 0.1) is 11.6 Å². The van der Waals surface area contributed by atoms with E-state index in [4.69, 9.17) is 17.2 Å². The number of hydrogen-bond acceptors (Lipinski definition) is 3. The second kappa shape index (κ2) is 5.04. The van der Waals surface area contributed by atoms with E-state index in [9.17, 15) is 0 Å². The second-order valence-corrected chi connectivity index (χ2v) is 6.35. The monoisotopic (exact) mass is 310 g/mol. The molecule has 0 aliphatic carbocycles. The molecule has 22 heavy (non-hydrogen) atoms. The Morgan fingerprint density at radius 3 is 2.77 bits per heavy atom. The van der Waals surface area contributed by atoms with E-state index in [2.05, 4.69) is 48.2 Å². The van der Waals surface area contributed by atoms with Gasteiger partial charge in [0, 0.05) is 29.9 Å². The molecule has 0 fully saturated rings. The van der Waals surface area contributed by atoms with Crippen LogP contribution < -0.4 is 0 Å². The van der Waals surface area contributed by atoms with Crippen LogP contribution in [0.15, 0.2) is 30.3 Å². The van der Waals surface area contributed by atoms with Crippen molar-refractivity contribution in [3.8, 4) is 11.1 Å². The van der Waals surface area contributed by atoms with E-state index < -0.39 is 0 Å². The van der Waals surface area contributed by atoms with Gasteiger partial charge in [0.05, 0.1) is 5.69 Å². The van der Waals surface area contributed by atoms with Crippen molar-refractivity contribution in [2.75, 3.05) is 13.6 Å². The Labute approximate surface area is 134 Å². The van der Waals surface area contributed by atoms with Crippen LogP contribution in [0.25, 0.3) is 16.8 Å². The van der Waals surface area contributed by atoms with E-state index in [0.29, 0.717) is 0 Å². The summed E-state index contributed by atoms with van der Waals surface area (Å²) in [4.78, 5) is 7.24. The van der Waals surface area contributed by atoms with Crippen molar-refractivity contribution < 1.29 is 0 Å². The summed E-state index contributed by atoms with van der Waals surface area (Å²) in [6, 6.07) is 10.4. The zero-order valence-corrected chi connectivity index (χ0v) is 13.6. The van der Waals surface area contributed by atoms with Crippen LogP contribution in [0.3, 0.4) is 0 Å². The van der Waals surface area contributed by atoms with Crippen molar-refractivity contribution in [1.82, 2.24) is 19.5 Å². The summed E-state index contributed by atoms with van der Waals surface area (Å²) in [6.45, 7) is 3.99. The summed E-state index contributed by atoms with van der Waals surface area (Å²) in [5.74, 6) is 0. The molecular weight excluding hydrogens is 292 g/mol. The Kier molecular flexibility index (Phi) is 3.13. The maximum Gasteiger partial charge on any atom is 0.162 e.